The number of hydrogen-bond acceptors (Lipinski definition) is 4. The lowest BCUT2D eigenvalue weighted by molar-refractivity contribution is 0.624. The molecule has 0 spiro atoms. The van der Waals surface area contributed by atoms with E-state index in [2.05, 4.69) is 94.9 Å². The van der Waals surface area contributed by atoms with Crippen LogP contribution in [0.3, 0.4) is 0 Å². The largest absolute Gasteiger partial charge is 0.456 e. The number of nitrogens with one attached hydrogen (secondary N) is 2. The van der Waals surface area contributed by atoms with Crippen LogP contribution in [0.5, 0.6) is 0 Å². The van der Waals surface area contributed by atoms with E-state index in [1.807, 2.05) is 85.1 Å². The number of rotatable bonds is 5. The molecule has 6 aromatic carbocycles. The Morgan fingerprint density at radius 3 is 2.04 bits per heavy atom. The van der Waals surface area contributed by atoms with Crippen molar-refractivity contribution in [2.45, 2.75) is 0 Å². The first kappa shape index (κ1) is 30.2. The summed E-state index contributed by atoms with van der Waals surface area (Å²) in [7, 11) is 0. The summed E-state index contributed by atoms with van der Waals surface area (Å²) in [5, 5.41) is 5.45. The second-order valence-electron chi connectivity index (χ2n) is 13.5. The van der Waals surface area contributed by atoms with Crippen molar-refractivity contribution in [3.63, 3.8) is 0 Å². The Morgan fingerprint density at radius 2 is 1.20 bits per heavy atom. The van der Waals surface area contributed by atoms with Crippen molar-refractivity contribution >= 4 is 60.4 Å². The molecule has 1 aliphatic heterocycles. The minimum absolute atomic E-state index is 0.703. The Balaban J connectivity index is 1.34. The van der Waals surface area contributed by atoms with Gasteiger partial charge in [0.05, 0.1) is 22.3 Å². The lowest BCUT2D eigenvalue weighted by atomic mass is 9.85. The van der Waals surface area contributed by atoms with Crippen LogP contribution in [0, 0.1) is 0 Å². The molecule has 0 fully saturated rings. The Kier molecular flexibility index (Phi) is 6.75. The maximum atomic E-state index is 6.80. The monoisotopic (exact) mass is 694 g/mol. The van der Waals surface area contributed by atoms with Crippen molar-refractivity contribution in [2.24, 2.45) is 4.99 Å². The summed E-state index contributed by atoms with van der Waals surface area (Å²) in [5.41, 5.74) is 10.6. The molecule has 54 heavy (non-hydrogen) atoms. The van der Waals surface area contributed by atoms with Gasteiger partial charge in [0.1, 0.15) is 28.5 Å². The van der Waals surface area contributed by atoms with E-state index >= 15 is 0 Å². The van der Waals surface area contributed by atoms with Crippen LogP contribution in [0.15, 0.2) is 184 Å². The van der Waals surface area contributed by atoms with E-state index in [1.165, 1.54) is 5.39 Å². The van der Waals surface area contributed by atoms with Crippen molar-refractivity contribution in [1.82, 2.24) is 15.0 Å². The van der Waals surface area contributed by atoms with Gasteiger partial charge in [0.2, 0.25) is 0 Å². The highest BCUT2D eigenvalue weighted by molar-refractivity contribution is 6.19. The van der Waals surface area contributed by atoms with E-state index in [9.17, 15) is 0 Å². The van der Waals surface area contributed by atoms with Gasteiger partial charge in [-0.1, -0.05) is 103 Å². The van der Waals surface area contributed by atoms with Crippen LogP contribution in [0.2, 0.25) is 0 Å². The second kappa shape index (κ2) is 12.1. The number of para-hydroxylation sites is 4. The zero-order chi connectivity index (χ0) is 35.6. The average Bonchev–Trinajstić information content (AvgIpc) is 4.01. The third-order valence-electron chi connectivity index (χ3n) is 10.3. The number of aromatic nitrogens is 3. The van der Waals surface area contributed by atoms with Crippen LogP contribution in [-0.4, -0.2) is 20.7 Å². The fraction of sp³-hybridized carbons (Fsp3) is 0. The predicted octanol–water partition coefficient (Wildman–Crippen LogP) is 12.8. The molecular formula is C48H30N4O2. The summed E-state index contributed by atoms with van der Waals surface area (Å²) in [6.45, 7) is 0. The highest BCUT2D eigenvalue weighted by atomic mass is 16.3. The van der Waals surface area contributed by atoms with Gasteiger partial charge in [0, 0.05) is 61.3 Å². The smallest absolute Gasteiger partial charge is 0.139 e. The van der Waals surface area contributed by atoms with Crippen LogP contribution < -0.4 is 0 Å². The number of hydrogen-bond donors (Lipinski definition) is 2. The molecule has 6 nitrogen and oxygen atoms in total. The van der Waals surface area contributed by atoms with E-state index in [0.717, 1.165) is 88.5 Å². The molecule has 1 aliphatic rings. The number of aliphatic imine (C=N–C) groups is 1. The fourth-order valence-corrected chi connectivity index (χ4v) is 7.80. The van der Waals surface area contributed by atoms with Crippen LogP contribution in [-0.2, 0) is 0 Å². The minimum Gasteiger partial charge on any atom is -0.456 e. The summed E-state index contributed by atoms with van der Waals surface area (Å²) >= 11 is 0. The third kappa shape index (κ3) is 4.89. The van der Waals surface area contributed by atoms with Crippen LogP contribution >= 0.6 is 0 Å². The number of H-pyrrole nitrogens is 2. The van der Waals surface area contributed by atoms with Gasteiger partial charge in [0.25, 0.3) is 0 Å². The molecule has 0 aliphatic carbocycles. The normalized spacial score (nSPS) is 15.8. The molecule has 2 N–H and O–H groups in total. The number of benzene rings is 6. The number of fused-ring (bicyclic) bond motifs is 6. The summed E-state index contributed by atoms with van der Waals surface area (Å²) in [5.74, 6) is 2.12. The standard InChI is InChI=1S/C48H30N4O2/c1-2-12-24-49-36(17-3-1)34-28-35(42-26-30-14-5-10-20-40(30)53-42)45(43-27-31-15-6-11-21-41(31)54-43)46(48-51-37-18-8-9-19-38(37)52-48)44(34)39-25-32-23-22-29-13-4-7-16-33(29)47(32)50-39/h1-28,50H,(H,51,52)/b2-1-,3-1?,12-2?,17-3-,24-12-,36-17?,49-24?,49-36+. The topological polar surface area (TPSA) is 83.1 Å². The first-order valence-electron chi connectivity index (χ1n) is 18.0. The van der Waals surface area contributed by atoms with Crippen molar-refractivity contribution in [2.75, 3.05) is 0 Å². The molecule has 0 radical (unpaired) electrons. The first-order chi connectivity index (χ1) is 26.7. The molecule has 0 unspecified atom stereocenters. The van der Waals surface area contributed by atoms with Crippen molar-refractivity contribution in [3.05, 3.63) is 176 Å². The Bertz CT molecular complexity index is 3130. The van der Waals surface area contributed by atoms with Gasteiger partial charge < -0.3 is 18.8 Å². The highest BCUT2D eigenvalue weighted by Gasteiger charge is 2.30. The molecule has 10 aromatic rings. The second-order valence-corrected chi connectivity index (χ2v) is 13.5. The minimum atomic E-state index is 0.703. The lowest BCUT2D eigenvalue weighted by Crippen LogP contribution is -2.06. The van der Waals surface area contributed by atoms with Gasteiger partial charge in [-0.25, -0.2) is 4.98 Å². The van der Waals surface area contributed by atoms with Gasteiger partial charge in [-0.2, -0.15) is 0 Å². The molecule has 0 bridgehead atoms. The van der Waals surface area contributed by atoms with Crippen LogP contribution in [0.25, 0.3) is 99.9 Å². The first-order valence-corrected chi connectivity index (χ1v) is 18.0. The molecular weight excluding hydrogens is 665 g/mol. The number of aromatic amines is 2. The molecule has 0 saturated carbocycles. The van der Waals surface area contributed by atoms with Gasteiger partial charge >= 0.3 is 0 Å². The average molecular weight is 695 g/mol. The zero-order valence-corrected chi connectivity index (χ0v) is 28.9. The SMILES string of the molecule is C1=C\C=C/C(c2cc(-c3cc4ccccc4o3)c(-c3cc4ccccc4o3)c(-c3nc4ccccc4[nH]3)c2-c2cc3ccc4ccccc4c3[nH]2)=N\C=C/1. The highest BCUT2D eigenvalue weighted by Crippen LogP contribution is 2.49. The number of allylic oxidation sites excluding steroid dienone is 5. The molecule has 4 aromatic heterocycles. The summed E-state index contributed by atoms with van der Waals surface area (Å²) in [6.07, 6.45) is 11.9. The van der Waals surface area contributed by atoms with E-state index in [-0.39, 0.29) is 0 Å². The fourth-order valence-electron chi connectivity index (χ4n) is 7.80. The maximum Gasteiger partial charge on any atom is 0.139 e. The number of imidazole rings is 1. The number of furan rings is 2. The van der Waals surface area contributed by atoms with E-state index < -0.39 is 0 Å². The molecule has 0 amide bonds. The predicted molar refractivity (Wildman–Crippen MR) is 221 cm³/mol. The molecule has 6 heteroatoms. The van der Waals surface area contributed by atoms with Crippen molar-refractivity contribution in [1.29, 1.82) is 0 Å². The van der Waals surface area contributed by atoms with Crippen molar-refractivity contribution < 1.29 is 8.83 Å². The van der Waals surface area contributed by atoms with Gasteiger partial charge in [-0.15, -0.1) is 0 Å². The Labute approximate surface area is 309 Å². The quantitative estimate of drug-likeness (QED) is 0.188. The molecule has 5 heterocycles. The van der Waals surface area contributed by atoms with E-state index in [4.69, 9.17) is 18.8 Å². The van der Waals surface area contributed by atoms with Crippen LogP contribution in [0.1, 0.15) is 5.56 Å². The summed E-state index contributed by atoms with van der Waals surface area (Å²) < 4.78 is 13.5. The molecule has 254 valence electrons. The van der Waals surface area contributed by atoms with E-state index in [0.29, 0.717) is 17.3 Å². The Hall–Kier alpha value is -7.44. The molecule has 0 saturated heterocycles. The zero-order valence-electron chi connectivity index (χ0n) is 28.9. The summed E-state index contributed by atoms with van der Waals surface area (Å²) in [6, 6.07) is 45.9. The summed E-state index contributed by atoms with van der Waals surface area (Å²) in [4.78, 5) is 17.9. The van der Waals surface area contributed by atoms with Crippen molar-refractivity contribution in [3.8, 4) is 45.3 Å². The lowest BCUT2D eigenvalue weighted by Gasteiger charge is -2.20. The number of nitrogens with zero attached hydrogens (tertiary/aromatic N) is 2. The Morgan fingerprint density at radius 1 is 0.500 bits per heavy atom. The van der Waals surface area contributed by atoms with E-state index in [1.54, 1.807) is 0 Å². The molecule has 0 atom stereocenters. The van der Waals surface area contributed by atoms with Gasteiger partial charge in [-0.3, -0.25) is 4.99 Å². The molecule has 11 rings (SSSR count). The van der Waals surface area contributed by atoms with Gasteiger partial charge in [0.15, 0.2) is 0 Å². The van der Waals surface area contributed by atoms with Crippen LogP contribution in [0.4, 0.5) is 0 Å². The van der Waals surface area contributed by atoms with Gasteiger partial charge in [-0.05, 0) is 66.1 Å². The maximum absolute atomic E-state index is 6.80. The third-order valence-corrected chi connectivity index (χ3v) is 10.3.